The maximum Gasteiger partial charge on any atom is 0.194 e. The van der Waals surface area contributed by atoms with Crippen LogP contribution in [0.2, 0.25) is 0 Å². The van der Waals surface area contributed by atoms with Crippen LogP contribution in [0.1, 0.15) is 18.1 Å². The number of aryl methyl sites for hydroxylation is 1. The van der Waals surface area contributed by atoms with Gasteiger partial charge in [-0.2, -0.15) is 5.10 Å². The van der Waals surface area contributed by atoms with Gasteiger partial charge in [0.1, 0.15) is 0 Å². The lowest BCUT2D eigenvalue weighted by atomic mass is 10.2. The highest BCUT2D eigenvalue weighted by Gasteiger charge is 2.19. The summed E-state index contributed by atoms with van der Waals surface area (Å²) >= 11 is 0. The fourth-order valence-corrected chi connectivity index (χ4v) is 3.10. The molecule has 1 saturated heterocycles. The van der Waals surface area contributed by atoms with E-state index in [0.29, 0.717) is 6.54 Å². The molecule has 1 N–H and O–H groups in total. The largest absolute Gasteiger partial charge is 0.357 e. The second-order valence-electron chi connectivity index (χ2n) is 6.44. The van der Waals surface area contributed by atoms with Gasteiger partial charge in [-0.15, -0.1) is 0 Å². The van der Waals surface area contributed by atoms with Crippen LogP contribution < -0.4 is 5.32 Å². The third-order valence-electron chi connectivity index (χ3n) is 4.43. The molecule has 1 aromatic carbocycles. The molecule has 0 aliphatic carbocycles. The lowest BCUT2D eigenvalue weighted by Crippen LogP contribution is -2.52. The summed E-state index contributed by atoms with van der Waals surface area (Å²) in [6, 6.07) is 10.7. The number of rotatable bonds is 5. The first-order chi connectivity index (χ1) is 12.2. The molecule has 6 heteroatoms. The molecule has 25 heavy (non-hydrogen) atoms. The average Bonchev–Trinajstić information content (AvgIpc) is 3.06. The number of nitrogens with one attached hydrogen (secondary N) is 1. The molecule has 6 nitrogen and oxygen atoms in total. The van der Waals surface area contributed by atoms with E-state index in [-0.39, 0.29) is 0 Å². The molecule has 134 valence electrons. The Morgan fingerprint density at radius 1 is 1.12 bits per heavy atom. The molecule has 0 spiro atoms. The Kier molecular flexibility index (Phi) is 6.06. The molecule has 0 amide bonds. The highest BCUT2D eigenvalue weighted by Crippen LogP contribution is 2.09. The normalized spacial score (nSPS) is 16.2. The van der Waals surface area contributed by atoms with E-state index in [1.54, 1.807) is 0 Å². The van der Waals surface area contributed by atoms with Gasteiger partial charge in [-0.25, -0.2) is 4.99 Å². The Morgan fingerprint density at radius 2 is 1.88 bits per heavy atom. The van der Waals surface area contributed by atoms with Crippen molar-refractivity contribution in [3.05, 3.63) is 53.9 Å². The summed E-state index contributed by atoms with van der Waals surface area (Å²) < 4.78 is 1.82. The van der Waals surface area contributed by atoms with Crippen molar-refractivity contribution in [2.75, 3.05) is 32.7 Å². The zero-order chi connectivity index (χ0) is 17.5. The van der Waals surface area contributed by atoms with Crippen molar-refractivity contribution in [2.24, 2.45) is 12.0 Å². The number of benzene rings is 1. The lowest BCUT2D eigenvalue weighted by molar-refractivity contribution is 0.172. The number of piperazine rings is 1. The van der Waals surface area contributed by atoms with E-state index in [2.05, 4.69) is 57.5 Å². The summed E-state index contributed by atoms with van der Waals surface area (Å²) in [4.78, 5) is 9.66. The van der Waals surface area contributed by atoms with E-state index in [1.807, 2.05) is 24.1 Å². The van der Waals surface area contributed by atoms with Crippen molar-refractivity contribution in [1.82, 2.24) is 24.9 Å². The average molecular weight is 340 g/mol. The molecule has 0 atom stereocenters. The van der Waals surface area contributed by atoms with E-state index in [1.165, 1.54) is 5.56 Å². The minimum absolute atomic E-state index is 0.667. The van der Waals surface area contributed by atoms with E-state index in [0.717, 1.165) is 50.8 Å². The number of hydrogen-bond donors (Lipinski definition) is 1. The Bertz CT molecular complexity index is 670. The number of nitrogens with zero attached hydrogens (tertiary/aromatic N) is 5. The predicted molar refractivity (Wildman–Crippen MR) is 101 cm³/mol. The van der Waals surface area contributed by atoms with Gasteiger partial charge in [-0.05, 0) is 12.5 Å². The number of aliphatic imine (C=N–C) groups is 1. The molecule has 1 aliphatic rings. The fraction of sp³-hybridized carbons (Fsp3) is 0.474. The smallest absolute Gasteiger partial charge is 0.194 e. The van der Waals surface area contributed by atoms with Crippen LogP contribution in [0.15, 0.2) is 47.7 Å². The summed E-state index contributed by atoms with van der Waals surface area (Å²) in [6.07, 6.45) is 3.90. The van der Waals surface area contributed by atoms with Crippen LogP contribution >= 0.6 is 0 Å². The van der Waals surface area contributed by atoms with E-state index >= 15 is 0 Å². The first kappa shape index (κ1) is 17.5. The van der Waals surface area contributed by atoms with Gasteiger partial charge in [0.2, 0.25) is 0 Å². The van der Waals surface area contributed by atoms with Gasteiger partial charge in [0.25, 0.3) is 0 Å². The maximum atomic E-state index is 4.79. The maximum absolute atomic E-state index is 4.79. The molecule has 0 radical (unpaired) electrons. The summed E-state index contributed by atoms with van der Waals surface area (Å²) in [5.74, 6) is 1.01. The summed E-state index contributed by atoms with van der Waals surface area (Å²) in [7, 11) is 1.93. The summed E-state index contributed by atoms with van der Waals surface area (Å²) in [6.45, 7) is 8.83. The lowest BCUT2D eigenvalue weighted by Gasteiger charge is -2.36. The first-order valence-corrected chi connectivity index (χ1v) is 9.01. The molecule has 0 bridgehead atoms. The fourth-order valence-electron chi connectivity index (χ4n) is 3.10. The topological polar surface area (TPSA) is 48.7 Å². The van der Waals surface area contributed by atoms with Crippen molar-refractivity contribution in [1.29, 1.82) is 0 Å². The van der Waals surface area contributed by atoms with Crippen molar-refractivity contribution >= 4 is 5.96 Å². The van der Waals surface area contributed by atoms with Gasteiger partial charge in [0.15, 0.2) is 5.96 Å². The number of aromatic nitrogens is 2. The standard InChI is InChI=1S/C19H28N6/c1-3-20-19(21-13-18-14-22-23(2)15-18)25-11-9-24(10-12-25)16-17-7-5-4-6-8-17/h4-8,14-15H,3,9-13,16H2,1-2H3,(H,20,21). The monoisotopic (exact) mass is 340 g/mol. The second kappa shape index (κ2) is 8.67. The van der Waals surface area contributed by atoms with Gasteiger partial charge in [0.05, 0.1) is 12.7 Å². The van der Waals surface area contributed by atoms with Crippen LogP contribution in [0.3, 0.4) is 0 Å². The van der Waals surface area contributed by atoms with Crippen molar-refractivity contribution < 1.29 is 0 Å². The molecule has 3 rings (SSSR count). The zero-order valence-corrected chi connectivity index (χ0v) is 15.2. The third-order valence-corrected chi connectivity index (χ3v) is 4.43. The van der Waals surface area contributed by atoms with Gasteiger partial charge < -0.3 is 10.2 Å². The SMILES string of the molecule is CCNC(=NCc1cnn(C)c1)N1CCN(Cc2ccccc2)CC1. The highest BCUT2D eigenvalue weighted by molar-refractivity contribution is 5.80. The van der Waals surface area contributed by atoms with E-state index in [4.69, 9.17) is 4.99 Å². The van der Waals surface area contributed by atoms with Gasteiger partial charge in [-0.3, -0.25) is 9.58 Å². The van der Waals surface area contributed by atoms with Crippen LogP contribution in [-0.2, 0) is 20.1 Å². The van der Waals surface area contributed by atoms with E-state index < -0.39 is 0 Å². The van der Waals surface area contributed by atoms with Crippen molar-refractivity contribution in [3.8, 4) is 0 Å². The zero-order valence-electron chi connectivity index (χ0n) is 15.2. The first-order valence-electron chi connectivity index (χ1n) is 9.01. The second-order valence-corrected chi connectivity index (χ2v) is 6.44. The number of hydrogen-bond acceptors (Lipinski definition) is 3. The summed E-state index contributed by atoms with van der Waals surface area (Å²) in [5, 5.41) is 7.63. The quantitative estimate of drug-likeness (QED) is 0.665. The Morgan fingerprint density at radius 3 is 2.52 bits per heavy atom. The van der Waals surface area contributed by atoms with Crippen LogP contribution in [0.5, 0.6) is 0 Å². The van der Waals surface area contributed by atoms with Crippen LogP contribution in [-0.4, -0.2) is 58.3 Å². The molecular formula is C19H28N6. The van der Waals surface area contributed by atoms with Crippen LogP contribution in [0.25, 0.3) is 0 Å². The van der Waals surface area contributed by atoms with Crippen molar-refractivity contribution in [2.45, 2.75) is 20.0 Å². The third kappa shape index (κ3) is 5.06. The Hall–Kier alpha value is -2.34. The predicted octanol–water partition coefficient (Wildman–Crippen LogP) is 1.70. The summed E-state index contributed by atoms with van der Waals surface area (Å²) in [5.41, 5.74) is 2.52. The molecule has 1 fully saturated rings. The van der Waals surface area contributed by atoms with Gasteiger partial charge >= 0.3 is 0 Å². The Labute approximate surface area is 150 Å². The minimum atomic E-state index is 0.667. The molecular weight excluding hydrogens is 312 g/mol. The van der Waals surface area contributed by atoms with E-state index in [9.17, 15) is 0 Å². The van der Waals surface area contributed by atoms with Crippen molar-refractivity contribution in [3.63, 3.8) is 0 Å². The minimum Gasteiger partial charge on any atom is -0.357 e. The molecule has 0 unspecified atom stereocenters. The Balaban J connectivity index is 1.54. The molecule has 2 aromatic rings. The number of guanidine groups is 1. The van der Waals surface area contributed by atoms with Crippen LogP contribution in [0.4, 0.5) is 0 Å². The van der Waals surface area contributed by atoms with Gasteiger partial charge in [0, 0.05) is 58.1 Å². The van der Waals surface area contributed by atoms with Gasteiger partial charge in [-0.1, -0.05) is 30.3 Å². The molecule has 1 aromatic heterocycles. The highest BCUT2D eigenvalue weighted by atomic mass is 15.3. The molecule has 2 heterocycles. The van der Waals surface area contributed by atoms with Crippen LogP contribution in [0, 0.1) is 0 Å². The molecule has 1 aliphatic heterocycles. The molecule has 0 saturated carbocycles.